The first-order chi connectivity index (χ1) is 8.45. The average molecular weight is 249 g/mol. The van der Waals surface area contributed by atoms with Gasteiger partial charge in [0, 0.05) is 12.1 Å². The van der Waals surface area contributed by atoms with Crippen molar-refractivity contribution in [3.63, 3.8) is 0 Å². The van der Waals surface area contributed by atoms with Gasteiger partial charge in [-0.2, -0.15) is 0 Å². The van der Waals surface area contributed by atoms with Crippen molar-refractivity contribution in [3.05, 3.63) is 29.6 Å². The Labute approximate surface area is 103 Å². The number of primary amides is 1. The van der Waals surface area contributed by atoms with Gasteiger partial charge in [-0.25, -0.2) is 4.39 Å². The fraction of sp³-hybridized carbons (Fsp3) is 0.167. The Morgan fingerprint density at radius 1 is 1.50 bits per heavy atom. The third kappa shape index (κ3) is 3.30. The molecule has 0 aromatic heterocycles. The summed E-state index contributed by atoms with van der Waals surface area (Å²) in [5.74, 6) is 0.0584. The summed E-state index contributed by atoms with van der Waals surface area (Å²) >= 11 is 0. The lowest BCUT2D eigenvalue weighted by molar-refractivity contribution is -0.117. The van der Waals surface area contributed by atoms with E-state index in [0.29, 0.717) is 0 Å². The molecule has 94 valence electrons. The van der Waals surface area contributed by atoms with Crippen molar-refractivity contribution in [1.29, 1.82) is 0 Å². The maximum Gasteiger partial charge on any atom is 0.251 e. The highest BCUT2D eigenvalue weighted by molar-refractivity contribution is 5.98. The van der Waals surface area contributed by atoms with Crippen LogP contribution in [0.5, 0.6) is 0 Å². The number of hydrogen-bond acceptors (Lipinski definition) is 3. The first kappa shape index (κ1) is 13.7. The van der Waals surface area contributed by atoms with E-state index in [9.17, 15) is 14.0 Å². The maximum absolute atomic E-state index is 13.2. The highest BCUT2D eigenvalue weighted by Crippen LogP contribution is 2.14. The zero-order valence-electron chi connectivity index (χ0n) is 9.44. The summed E-state index contributed by atoms with van der Waals surface area (Å²) in [6.45, 7) is 0. The van der Waals surface area contributed by atoms with Crippen LogP contribution in [0.25, 0.3) is 0 Å². The minimum atomic E-state index is -0.920. The van der Waals surface area contributed by atoms with Gasteiger partial charge in [0.1, 0.15) is 5.82 Å². The Bertz CT molecular complexity index is 523. The smallest absolute Gasteiger partial charge is 0.251 e. The highest BCUT2D eigenvalue weighted by atomic mass is 19.1. The number of rotatable bonds is 4. The lowest BCUT2D eigenvalue weighted by atomic mass is 10.1. The van der Waals surface area contributed by atoms with E-state index in [2.05, 4.69) is 11.2 Å². The van der Waals surface area contributed by atoms with E-state index >= 15 is 0 Å². The number of carbonyl (C=O) groups is 2. The van der Waals surface area contributed by atoms with Crippen LogP contribution in [0.15, 0.2) is 18.2 Å². The Hall–Kier alpha value is -2.39. The molecule has 0 fully saturated rings. The molecule has 1 aromatic carbocycles. The first-order valence-corrected chi connectivity index (χ1v) is 5.05. The summed E-state index contributed by atoms with van der Waals surface area (Å²) in [4.78, 5) is 22.4. The van der Waals surface area contributed by atoms with Crippen molar-refractivity contribution in [2.24, 2.45) is 11.5 Å². The zero-order valence-corrected chi connectivity index (χ0v) is 9.44. The third-order valence-corrected chi connectivity index (χ3v) is 2.17. The Morgan fingerprint density at radius 2 is 2.17 bits per heavy atom. The summed E-state index contributed by atoms with van der Waals surface area (Å²) in [6.07, 6.45) is 5.10. The van der Waals surface area contributed by atoms with E-state index in [4.69, 9.17) is 17.9 Å². The van der Waals surface area contributed by atoms with Gasteiger partial charge < -0.3 is 16.8 Å². The molecule has 6 heteroatoms. The standard InChI is InChI=1S/C12H12FN3O2/c1-2-3-10(14)12(18)16-7-4-5-9(13)8(6-7)11(15)17/h1,4-6,10H,3,14H2,(H2,15,17)(H,16,18). The largest absolute Gasteiger partial charge is 0.366 e. The van der Waals surface area contributed by atoms with E-state index in [1.165, 1.54) is 6.07 Å². The van der Waals surface area contributed by atoms with Crippen LogP contribution in [0.3, 0.4) is 0 Å². The fourth-order valence-corrected chi connectivity index (χ4v) is 1.25. The Morgan fingerprint density at radius 3 is 2.72 bits per heavy atom. The number of benzene rings is 1. The number of anilines is 1. The molecular weight excluding hydrogens is 237 g/mol. The quantitative estimate of drug-likeness (QED) is 0.665. The van der Waals surface area contributed by atoms with E-state index in [-0.39, 0.29) is 17.7 Å². The van der Waals surface area contributed by atoms with Crippen LogP contribution in [0.2, 0.25) is 0 Å². The van der Waals surface area contributed by atoms with Crippen molar-refractivity contribution in [2.45, 2.75) is 12.5 Å². The summed E-state index contributed by atoms with van der Waals surface area (Å²) < 4.78 is 13.2. The molecule has 1 unspecified atom stereocenters. The van der Waals surface area contributed by atoms with Crippen LogP contribution >= 0.6 is 0 Å². The lowest BCUT2D eigenvalue weighted by Gasteiger charge is -2.10. The summed E-state index contributed by atoms with van der Waals surface area (Å²) in [5.41, 5.74) is 10.4. The molecular formula is C12H12FN3O2. The van der Waals surface area contributed by atoms with Crippen molar-refractivity contribution < 1.29 is 14.0 Å². The second-order valence-electron chi connectivity index (χ2n) is 3.56. The molecule has 0 spiro atoms. The highest BCUT2D eigenvalue weighted by Gasteiger charge is 2.14. The fourth-order valence-electron chi connectivity index (χ4n) is 1.25. The molecule has 1 rings (SSSR count). The van der Waals surface area contributed by atoms with Gasteiger partial charge in [0.05, 0.1) is 11.6 Å². The average Bonchev–Trinajstić information content (AvgIpc) is 2.31. The molecule has 1 aromatic rings. The molecule has 0 saturated carbocycles. The monoisotopic (exact) mass is 249 g/mol. The molecule has 2 amide bonds. The topological polar surface area (TPSA) is 98.2 Å². The van der Waals surface area contributed by atoms with E-state index in [1.54, 1.807) is 0 Å². The van der Waals surface area contributed by atoms with Gasteiger partial charge in [0.2, 0.25) is 5.91 Å². The van der Waals surface area contributed by atoms with Crippen molar-refractivity contribution in [2.75, 3.05) is 5.32 Å². The number of nitrogens with one attached hydrogen (secondary N) is 1. The molecule has 0 radical (unpaired) electrons. The number of nitrogens with two attached hydrogens (primary N) is 2. The molecule has 0 saturated heterocycles. The number of carbonyl (C=O) groups excluding carboxylic acids is 2. The zero-order chi connectivity index (χ0) is 13.7. The van der Waals surface area contributed by atoms with E-state index < -0.39 is 23.7 Å². The third-order valence-electron chi connectivity index (χ3n) is 2.17. The number of terminal acetylenes is 1. The molecule has 0 aliphatic heterocycles. The lowest BCUT2D eigenvalue weighted by Crippen LogP contribution is -2.35. The van der Waals surface area contributed by atoms with Crippen LogP contribution in [-0.4, -0.2) is 17.9 Å². The van der Waals surface area contributed by atoms with Crippen LogP contribution in [0.4, 0.5) is 10.1 Å². The second-order valence-corrected chi connectivity index (χ2v) is 3.56. The molecule has 0 aliphatic rings. The Kier molecular flexibility index (Phi) is 4.40. The second kappa shape index (κ2) is 5.80. The number of hydrogen-bond donors (Lipinski definition) is 3. The SMILES string of the molecule is C#CCC(N)C(=O)Nc1ccc(F)c(C(N)=O)c1. The molecule has 1 atom stereocenters. The molecule has 5 nitrogen and oxygen atoms in total. The van der Waals surface area contributed by atoms with Crippen molar-refractivity contribution in [1.82, 2.24) is 0 Å². The Balaban J connectivity index is 2.86. The maximum atomic E-state index is 13.2. The van der Waals surface area contributed by atoms with E-state index in [0.717, 1.165) is 12.1 Å². The van der Waals surface area contributed by atoms with Crippen molar-refractivity contribution >= 4 is 17.5 Å². The van der Waals surface area contributed by atoms with Gasteiger partial charge in [-0.05, 0) is 18.2 Å². The molecule has 0 bridgehead atoms. The molecule has 5 N–H and O–H groups in total. The van der Waals surface area contributed by atoms with Gasteiger partial charge >= 0.3 is 0 Å². The summed E-state index contributed by atoms with van der Waals surface area (Å²) in [5, 5.41) is 2.42. The number of halogens is 1. The predicted molar refractivity (Wildman–Crippen MR) is 65.0 cm³/mol. The van der Waals surface area contributed by atoms with Crippen LogP contribution in [0, 0.1) is 18.2 Å². The summed E-state index contributed by atoms with van der Waals surface area (Å²) in [7, 11) is 0. The minimum Gasteiger partial charge on any atom is -0.366 e. The summed E-state index contributed by atoms with van der Waals surface area (Å²) in [6, 6.07) is 2.60. The number of amides is 2. The van der Waals surface area contributed by atoms with Crippen LogP contribution < -0.4 is 16.8 Å². The van der Waals surface area contributed by atoms with E-state index in [1.807, 2.05) is 0 Å². The predicted octanol–water partition coefficient (Wildman–Crippen LogP) is 0.214. The van der Waals surface area contributed by atoms with Gasteiger partial charge in [-0.1, -0.05) is 0 Å². The molecule has 0 heterocycles. The van der Waals surface area contributed by atoms with Crippen molar-refractivity contribution in [3.8, 4) is 12.3 Å². The minimum absolute atomic E-state index is 0.0791. The van der Waals surface area contributed by atoms with Crippen LogP contribution in [-0.2, 0) is 4.79 Å². The normalized spacial score (nSPS) is 11.4. The molecule has 18 heavy (non-hydrogen) atoms. The van der Waals surface area contributed by atoms with Gasteiger partial charge in [-0.3, -0.25) is 9.59 Å². The van der Waals surface area contributed by atoms with Gasteiger partial charge in [-0.15, -0.1) is 12.3 Å². The molecule has 0 aliphatic carbocycles. The van der Waals surface area contributed by atoms with Gasteiger partial charge in [0.25, 0.3) is 5.91 Å². The van der Waals surface area contributed by atoms with Crippen LogP contribution in [0.1, 0.15) is 16.8 Å². The first-order valence-electron chi connectivity index (χ1n) is 5.05. The van der Waals surface area contributed by atoms with Gasteiger partial charge in [0.15, 0.2) is 0 Å².